The number of hydrogen-bond acceptors (Lipinski definition) is 5. The molecule has 2 aliphatic rings. The van der Waals surface area contributed by atoms with Gasteiger partial charge < -0.3 is 10.2 Å². The van der Waals surface area contributed by atoms with Gasteiger partial charge in [-0.05, 0) is 68.2 Å². The van der Waals surface area contributed by atoms with Gasteiger partial charge in [0.15, 0.2) is 0 Å². The number of fused-ring (bicyclic) bond motifs is 1. The van der Waals surface area contributed by atoms with E-state index in [0.29, 0.717) is 22.9 Å². The van der Waals surface area contributed by atoms with Gasteiger partial charge in [0.1, 0.15) is 23.1 Å². The van der Waals surface area contributed by atoms with Gasteiger partial charge in [-0.2, -0.15) is 5.26 Å². The number of nitriles is 1. The number of nitrogens with zero attached hydrogens (tertiary/aromatic N) is 4. The van der Waals surface area contributed by atoms with Crippen molar-refractivity contribution in [3.05, 3.63) is 81.3 Å². The van der Waals surface area contributed by atoms with Crippen LogP contribution in [0.3, 0.4) is 0 Å². The minimum absolute atomic E-state index is 0.0534. The van der Waals surface area contributed by atoms with Crippen molar-refractivity contribution < 1.29 is 4.79 Å². The number of carbonyl (C=O) groups excluding carboxylic acids is 1. The second-order valence-electron chi connectivity index (χ2n) is 10.6. The molecule has 0 radical (unpaired) electrons. The first-order valence-electron chi connectivity index (χ1n) is 13.8. The fourth-order valence-corrected chi connectivity index (χ4v) is 5.77. The summed E-state index contributed by atoms with van der Waals surface area (Å²) in [5.41, 5.74) is 2.82. The van der Waals surface area contributed by atoms with Crippen molar-refractivity contribution >= 4 is 23.4 Å². The van der Waals surface area contributed by atoms with Crippen LogP contribution in [0.1, 0.15) is 61.6 Å². The Kier molecular flexibility index (Phi) is 7.88. The maximum absolute atomic E-state index is 13.7. The van der Waals surface area contributed by atoms with Gasteiger partial charge in [-0.15, -0.1) is 0 Å². The summed E-state index contributed by atoms with van der Waals surface area (Å²) in [4.78, 5) is 33.8. The minimum Gasteiger partial charge on any atom is -0.356 e. The zero-order valence-electron chi connectivity index (χ0n) is 22.0. The smallest absolute Gasteiger partial charge is 0.267 e. The van der Waals surface area contributed by atoms with Crippen molar-refractivity contribution in [2.24, 2.45) is 5.92 Å². The van der Waals surface area contributed by atoms with Crippen molar-refractivity contribution in [1.82, 2.24) is 14.7 Å². The predicted octanol–water partition coefficient (Wildman–Crippen LogP) is 4.82. The molecular weight excluding hydrogens is 474 g/mol. The number of piperidine rings is 1. The molecule has 3 heterocycles. The van der Waals surface area contributed by atoms with Gasteiger partial charge in [-0.3, -0.25) is 14.0 Å². The Balaban J connectivity index is 1.46. The molecule has 38 heavy (non-hydrogen) atoms. The van der Waals surface area contributed by atoms with Crippen molar-refractivity contribution in [2.75, 3.05) is 18.0 Å². The van der Waals surface area contributed by atoms with Gasteiger partial charge in [-0.25, -0.2) is 4.98 Å². The molecule has 3 aromatic rings. The maximum atomic E-state index is 13.7. The molecule has 1 aliphatic heterocycles. The van der Waals surface area contributed by atoms with E-state index < -0.39 is 5.91 Å². The molecule has 196 valence electrons. The van der Waals surface area contributed by atoms with Crippen LogP contribution in [0.4, 0.5) is 5.82 Å². The SMILES string of the molecule is Cc1cccn2c(=O)c(C=C(C#N)C(=O)NC3CCCCC3)c(N3CCC(Cc4ccccc4)CC3)nc12. The summed E-state index contributed by atoms with van der Waals surface area (Å²) < 4.78 is 1.51. The summed E-state index contributed by atoms with van der Waals surface area (Å²) in [6.07, 6.45) is 11.3. The van der Waals surface area contributed by atoms with Gasteiger partial charge in [0.25, 0.3) is 11.5 Å². The summed E-state index contributed by atoms with van der Waals surface area (Å²) in [6.45, 7) is 3.47. The number of anilines is 1. The minimum atomic E-state index is -0.416. The second-order valence-corrected chi connectivity index (χ2v) is 10.6. The summed E-state index contributed by atoms with van der Waals surface area (Å²) in [5.74, 6) is 0.702. The third kappa shape index (κ3) is 5.65. The highest BCUT2D eigenvalue weighted by molar-refractivity contribution is 6.02. The molecule has 0 atom stereocenters. The lowest BCUT2D eigenvalue weighted by molar-refractivity contribution is -0.117. The Labute approximate surface area is 223 Å². The summed E-state index contributed by atoms with van der Waals surface area (Å²) in [7, 11) is 0. The Bertz CT molecular complexity index is 1420. The van der Waals surface area contributed by atoms with Crippen LogP contribution in [0.15, 0.2) is 59.0 Å². The molecule has 1 saturated carbocycles. The first-order valence-corrected chi connectivity index (χ1v) is 13.8. The third-order valence-electron chi connectivity index (χ3n) is 7.94. The van der Waals surface area contributed by atoms with E-state index in [2.05, 4.69) is 34.5 Å². The number of amides is 1. The molecular formula is C31H35N5O2. The third-order valence-corrected chi connectivity index (χ3v) is 7.94. The van der Waals surface area contributed by atoms with E-state index in [4.69, 9.17) is 4.98 Å². The Hall–Kier alpha value is -3.92. The largest absolute Gasteiger partial charge is 0.356 e. The monoisotopic (exact) mass is 509 g/mol. The lowest BCUT2D eigenvalue weighted by Crippen LogP contribution is -2.38. The predicted molar refractivity (Wildman–Crippen MR) is 150 cm³/mol. The molecule has 7 nitrogen and oxygen atoms in total. The van der Waals surface area contributed by atoms with Crippen LogP contribution in [-0.4, -0.2) is 34.4 Å². The lowest BCUT2D eigenvalue weighted by Gasteiger charge is -2.33. The molecule has 1 aliphatic carbocycles. The fraction of sp³-hybridized carbons (Fsp3) is 0.419. The van der Waals surface area contributed by atoms with E-state index in [1.807, 2.05) is 31.2 Å². The van der Waals surface area contributed by atoms with Crippen molar-refractivity contribution in [2.45, 2.75) is 64.3 Å². The summed E-state index contributed by atoms with van der Waals surface area (Å²) in [6, 6.07) is 16.4. The molecule has 7 heteroatoms. The zero-order chi connectivity index (χ0) is 26.5. The van der Waals surface area contributed by atoms with E-state index in [1.54, 1.807) is 6.20 Å². The molecule has 1 saturated heterocycles. The van der Waals surface area contributed by atoms with E-state index in [9.17, 15) is 14.9 Å². The normalized spacial score (nSPS) is 17.4. The quantitative estimate of drug-likeness (QED) is 0.380. The van der Waals surface area contributed by atoms with Crippen LogP contribution in [0.5, 0.6) is 0 Å². The highest BCUT2D eigenvalue weighted by Crippen LogP contribution is 2.28. The lowest BCUT2D eigenvalue weighted by atomic mass is 9.90. The first-order chi connectivity index (χ1) is 18.5. The number of aromatic nitrogens is 2. The standard InChI is InChI=1S/C31H35N5O2/c1-22-9-8-16-36-28(22)34-29(35-17-14-24(15-18-35)19-23-10-4-2-5-11-23)27(31(36)38)20-25(21-32)30(37)33-26-12-6-3-7-13-26/h2,4-5,8-11,16,20,24,26H,3,6-7,12-15,17-19H2,1H3,(H,33,37). The van der Waals surface area contributed by atoms with Gasteiger partial charge in [0.05, 0.1) is 5.56 Å². The number of carbonyl (C=O) groups is 1. The number of rotatable bonds is 6. The van der Waals surface area contributed by atoms with Gasteiger partial charge in [0, 0.05) is 25.3 Å². The number of aryl methyl sites for hydroxylation is 1. The molecule has 0 spiro atoms. The van der Waals surface area contributed by atoms with Crippen LogP contribution >= 0.6 is 0 Å². The average Bonchev–Trinajstić information content (AvgIpc) is 2.94. The van der Waals surface area contributed by atoms with Crippen molar-refractivity contribution in [1.29, 1.82) is 5.26 Å². The summed E-state index contributed by atoms with van der Waals surface area (Å²) >= 11 is 0. The average molecular weight is 510 g/mol. The molecule has 0 unspecified atom stereocenters. The van der Waals surface area contributed by atoms with E-state index in [-0.39, 0.29) is 17.2 Å². The van der Waals surface area contributed by atoms with Gasteiger partial charge in [0.2, 0.25) is 0 Å². The molecule has 1 N–H and O–H groups in total. The van der Waals surface area contributed by atoms with E-state index in [0.717, 1.165) is 63.6 Å². The van der Waals surface area contributed by atoms with E-state index >= 15 is 0 Å². The van der Waals surface area contributed by atoms with Crippen LogP contribution in [0.2, 0.25) is 0 Å². The highest BCUT2D eigenvalue weighted by atomic mass is 16.2. The molecule has 2 fully saturated rings. The maximum Gasteiger partial charge on any atom is 0.267 e. The fourth-order valence-electron chi connectivity index (χ4n) is 5.77. The molecule has 5 rings (SSSR count). The topological polar surface area (TPSA) is 90.5 Å². The summed E-state index contributed by atoms with van der Waals surface area (Å²) in [5, 5.41) is 12.9. The van der Waals surface area contributed by atoms with Gasteiger partial charge >= 0.3 is 0 Å². The van der Waals surface area contributed by atoms with E-state index in [1.165, 1.54) is 22.5 Å². The number of nitrogens with one attached hydrogen (secondary N) is 1. The van der Waals surface area contributed by atoms with Crippen LogP contribution in [-0.2, 0) is 11.2 Å². The number of pyridine rings is 1. The zero-order valence-corrected chi connectivity index (χ0v) is 22.0. The number of benzene rings is 1. The van der Waals surface area contributed by atoms with Crippen LogP contribution in [0.25, 0.3) is 11.7 Å². The molecule has 1 aromatic carbocycles. The van der Waals surface area contributed by atoms with Crippen LogP contribution < -0.4 is 15.8 Å². The van der Waals surface area contributed by atoms with Gasteiger partial charge in [-0.1, -0.05) is 55.7 Å². The van der Waals surface area contributed by atoms with Crippen molar-refractivity contribution in [3.8, 4) is 6.07 Å². The second kappa shape index (κ2) is 11.6. The molecule has 0 bridgehead atoms. The Morgan fingerprint density at radius 3 is 2.53 bits per heavy atom. The van der Waals surface area contributed by atoms with Crippen LogP contribution in [0, 0.1) is 24.2 Å². The van der Waals surface area contributed by atoms with Crippen molar-refractivity contribution in [3.63, 3.8) is 0 Å². The highest BCUT2D eigenvalue weighted by Gasteiger charge is 2.26. The Morgan fingerprint density at radius 2 is 1.82 bits per heavy atom. The molecule has 1 amide bonds. The number of hydrogen-bond donors (Lipinski definition) is 1. The Morgan fingerprint density at radius 1 is 1.08 bits per heavy atom. The first kappa shape index (κ1) is 25.7. The molecule has 2 aromatic heterocycles.